The molecule has 0 saturated heterocycles. The van der Waals surface area contributed by atoms with Crippen molar-refractivity contribution in [2.45, 2.75) is 6.54 Å². The number of carbonyl (C=O) groups is 1. The molecule has 0 aliphatic rings. The first kappa shape index (κ1) is 19.9. The number of hydrogen-bond donors (Lipinski definition) is 1. The lowest BCUT2D eigenvalue weighted by atomic mass is 10.1. The predicted octanol–water partition coefficient (Wildman–Crippen LogP) is 3.48. The number of aromatic nitrogens is 1. The third-order valence-corrected chi connectivity index (χ3v) is 4.76. The normalized spacial score (nSPS) is 11.0. The van der Waals surface area contributed by atoms with Crippen molar-refractivity contribution in [2.75, 3.05) is 33.1 Å². The zero-order valence-electron chi connectivity index (χ0n) is 16.0. The lowest BCUT2D eigenvalue weighted by Gasteiger charge is -2.13. The largest absolute Gasteiger partial charge is 0.495 e. The van der Waals surface area contributed by atoms with E-state index in [1.165, 1.54) is 7.11 Å². The van der Waals surface area contributed by atoms with E-state index in [4.69, 9.17) is 16.3 Å². The minimum Gasteiger partial charge on any atom is -0.495 e. The summed E-state index contributed by atoms with van der Waals surface area (Å²) >= 11 is 6.11. The molecule has 0 radical (unpaired) electrons. The van der Waals surface area contributed by atoms with Gasteiger partial charge in [0.2, 0.25) is 0 Å². The van der Waals surface area contributed by atoms with Crippen LogP contribution >= 0.6 is 11.6 Å². The van der Waals surface area contributed by atoms with Gasteiger partial charge in [-0.05, 0) is 50.5 Å². The Balaban J connectivity index is 1.91. The molecule has 1 amide bonds. The summed E-state index contributed by atoms with van der Waals surface area (Å²) in [4.78, 5) is 27.4. The van der Waals surface area contributed by atoms with Crippen LogP contribution in [0, 0.1) is 0 Å². The van der Waals surface area contributed by atoms with Crippen molar-refractivity contribution in [3.63, 3.8) is 0 Å². The second-order valence-electron chi connectivity index (χ2n) is 6.69. The van der Waals surface area contributed by atoms with E-state index in [2.05, 4.69) is 5.32 Å². The SMILES string of the molecule is COc1ccc(C(=O)Nc2cccc3c(=O)n(CCN(C)C)ccc23)cc1Cl. The molecule has 0 saturated carbocycles. The first-order chi connectivity index (χ1) is 13.4. The number of benzene rings is 2. The maximum Gasteiger partial charge on any atom is 0.258 e. The number of halogens is 1. The lowest BCUT2D eigenvalue weighted by Crippen LogP contribution is -2.26. The van der Waals surface area contributed by atoms with Gasteiger partial charge in [0, 0.05) is 41.3 Å². The van der Waals surface area contributed by atoms with Crippen LogP contribution in [-0.4, -0.2) is 43.1 Å². The van der Waals surface area contributed by atoms with Crippen LogP contribution in [0.5, 0.6) is 5.75 Å². The Morgan fingerprint density at radius 3 is 2.64 bits per heavy atom. The zero-order valence-corrected chi connectivity index (χ0v) is 16.8. The highest BCUT2D eigenvalue weighted by atomic mass is 35.5. The molecule has 1 aromatic heterocycles. The number of anilines is 1. The van der Waals surface area contributed by atoms with Gasteiger partial charge >= 0.3 is 0 Å². The number of nitrogens with zero attached hydrogens (tertiary/aromatic N) is 2. The van der Waals surface area contributed by atoms with Crippen LogP contribution < -0.4 is 15.6 Å². The van der Waals surface area contributed by atoms with Crippen molar-refractivity contribution in [2.24, 2.45) is 0 Å². The van der Waals surface area contributed by atoms with Crippen LogP contribution in [0.2, 0.25) is 5.02 Å². The van der Waals surface area contributed by atoms with Gasteiger partial charge in [-0.15, -0.1) is 0 Å². The average Bonchev–Trinajstić information content (AvgIpc) is 2.67. The molecule has 0 unspecified atom stereocenters. The van der Waals surface area contributed by atoms with Crippen molar-refractivity contribution >= 4 is 34.0 Å². The predicted molar refractivity (Wildman–Crippen MR) is 113 cm³/mol. The topological polar surface area (TPSA) is 63.6 Å². The van der Waals surface area contributed by atoms with E-state index in [1.54, 1.807) is 47.2 Å². The fourth-order valence-corrected chi connectivity index (χ4v) is 3.17. The molecule has 7 heteroatoms. The summed E-state index contributed by atoms with van der Waals surface area (Å²) < 4.78 is 6.79. The fourth-order valence-electron chi connectivity index (χ4n) is 2.91. The number of nitrogens with one attached hydrogen (secondary N) is 1. The molecule has 0 bridgehead atoms. The molecule has 1 N–H and O–H groups in total. The van der Waals surface area contributed by atoms with E-state index < -0.39 is 0 Å². The van der Waals surface area contributed by atoms with Gasteiger partial charge in [0.15, 0.2) is 0 Å². The molecular weight excluding hydrogens is 378 g/mol. The van der Waals surface area contributed by atoms with Crippen LogP contribution in [0.3, 0.4) is 0 Å². The summed E-state index contributed by atoms with van der Waals surface area (Å²) in [5, 5.41) is 4.48. The van der Waals surface area contributed by atoms with Crippen LogP contribution in [0.25, 0.3) is 10.8 Å². The first-order valence-electron chi connectivity index (χ1n) is 8.82. The van der Waals surface area contributed by atoms with Crippen LogP contribution in [0.1, 0.15) is 10.4 Å². The van der Waals surface area contributed by atoms with Crippen molar-refractivity contribution in [1.29, 1.82) is 0 Å². The highest BCUT2D eigenvalue weighted by Gasteiger charge is 2.12. The Kier molecular flexibility index (Phi) is 6.02. The zero-order chi connectivity index (χ0) is 20.3. The second-order valence-corrected chi connectivity index (χ2v) is 7.10. The molecular formula is C21H22ClN3O3. The third kappa shape index (κ3) is 4.18. The highest BCUT2D eigenvalue weighted by Crippen LogP contribution is 2.26. The van der Waals surface area contributed by atoms with E-state index in [0.717, 1.165) is 6.54 Å². The summed E-state index contributed by atoms with van der Waals surface area (Å²) in [5.74, 6) is 0.190. The number of hydrogen-bond acceptors (Lipinski definition) is 4. The molecule has 0 spiro atoms. The summed E-state index contributed by atoms with van der Waals surface area (Å²) in [7, 11) is 5.44. The standard InChI is InChI=1S/C21H22ClN3O3/c1-24(2)11-12-25-10-9-15-16(21(25)27)5-4-6-18(15)23-20(26)14-7-8-19(28-3)17(22)13-14/h4-10,13H,11-12H2,1-3H3,(H,23,26). The lowest BCUT2D eigenvalue weighted by molar-refractivity contribution is 0.102. The van der Waals surface area contributed by atoms with Gasteiger partial charge in [-0.1, -0.05) is 17.7 Å². The number of carbonyl (C=O) groups excluding carboxylic acids is 1. The van der Waals surface area contributed by atoms with Crippen LogP contribution in [0.15, 0.2) is 53.5 Å². The Bertz CT molecular complexity index is 1080. The van der Waals surface area contributed by atoms with Gasteiger partial charge in [0.05, 0.1) is 12.1 Å². The Labute approximate surface area is 168 Å². The Morgan fingerprint density at radius 1 is 1.18 bits per heavy atom. The van der Waals surface area contributed by atoms with E-state index in [-0.39, 0.29) is 11.5 Å². The highest BCUT2D eigenvalue weighted by molar-refractivity contribution is 6.32. The number of likely N-dealkylation sites (N-methyl/N-ethyl adjacent to an activating group) is 1. The van der Waals surface area contributed by atoms with E-state index >= 15 is 0 Å². The third-order valence-electron chi connectivity index (χ3n) is 4.47. The van der Waals surface area contributed by atoms with Gasteiger partial charge in [-0.25, -0.2) is 0 Å². The number of rotatable bonds is 6. The van der Waals surface area contributed by atoms with Crippen LogP contribution in [-0.2, 0) is 6.54 Å². The molecule has 0 aliphatic carbocycles. The van der Waals surface area contributed by atoms with E-state index in [0.29, 0.717) is 39.3 Å². The smallest absolute Gasteiger partial charge is 0.258 e. The second kappa shape index (κ2) is 8.46. The molecule has 0 aliphatic heterocycles. The summed E-state index contributed by atoms with van der Waals surface area (Å²) in [6, 6.07) is 12.0. The summed E-state index contributed by atoms with van der Waals surface area (Å²) in [5.41, 5.74) is 0.899. The molecule has 6 nitrogen and oxygen atoms in total. The van der Waals surface area contributed by atoms with Crippen molar-refractivity contribution < 1.29 is 9.53 Å². The van der Waals surface area contributed by atoms with E-state index in [9.17, 15) is 9.59 Å². The number of amides is 1. The maximum absolute atomic E-state index is 12.8. The Morgan fingerprint density at radius 2 is 1.96 bits per heavy atom. The number of methoxy groups -OCH3 is 1. The number of pyridine rings is 1. The molecule has 2 aromatic carbocycles. The number of ether oxygens (including phenoxy) is 1. The van der Waals surface area contributed by atoms with Gasteiger partial charge < -0.3 is 19.5 Å². The number of fused-ring (bicyclic) bond motifs is 1. The monoisotopic (exact) mass is 399 g/mol. The van der Waals surface area contributed by atoms with Crippen LogP contribution in [0.4, 0.5) is 5.69 Å². The van der Waals surface area contributed by atoms with Gasteiger partial charge in [0.25, 0.3) is 11.5 Å². The fraction of sp³-hybridized carbons (Fsp3) is 0.238. The van der Waals surface area contributed by atoms with Gasteiger partial charge in [-0.3, -0.25) is 9.59 Å². The minimum atomic E-state index is -0.311. The van der Waals surface area contributed by atoms with Crippen molar-refractivity contribution in [3.8, 4) is 5.75 Å². The molecule has 0 fully saturated rings. The molecule has 3 aromatic rings. The summed E-state index contributed by atoms with van der Waals surface area (Å²) in [6.45, 7) is 1.36. The molecule has 3 rings (SSSR count). The molecule has 1 heterocycles. The van der Waals surface area contributed by atoms with Gasteiger partial charge in [-0.2, -0.15) is 0 Å². The summed E-state index contributed by atoms with van der Waals surface area (Å²) in [6.07, 6.45) is 1.76. The Hall–Kier alpha value is -2.83. The molecule has 146 valence electrons. The molecule has 0 atom stereocenters. The minimum absolute atomic E-state index is 0.0806. The first-order valence-corrected chi connectivity index (χ1v) is 9.20. The molecule has 28 heavy (non-hydrogen) atoms. The maximum atomic E-state index is 12.8. The van der Waals surface area contributed by atoms with Gasteiger partial charge in [0.1, 0.15) is 5.75 Å². The van der Waals surface area contributed by atoms with Crippen molar-refractivity contribution in [3.05, 3.63) is 69.6 Å². The quantitative estimate of drug-likeness (QED) is 0.689. The van der Waals surface area contributed by atoms with E-state index in [1.807, 2.05) is 25.1 Å². The van der Waals surface area contributed by atoms with Crippen molar-refractivity contribution in [1.82, 2.24) is 9.47 Å². The average molecular weight is 400 g/mol.